The smallest absolute Gasteiger partial charge is 0.218 e. The Morgan fingerprint density at radius 2 is 1.67 bits per heavy atom. The Bertz CT molecular complexity index is 130. The van der Waals surface area contributed by atoms with Gasteiger partial charge in [0.05, 0.1) is 0 Å². The molecule has 1 unspecified atom stereocenters. The molecule has 0 rings (SSSR count). The van der Waals surface area contributed by atoms with E-state index >= 15 is 0 Å². The molecular weight excluding hydrogens is 159 g/mol. The van der Waals surface area contributed by atoms with Crippen LogP contribution in [0.3, 0.4) is 0 Å². The van der Waals surface area contributed by atoms with Gasteiger partial charge in [0.2, 0.25) is 11.0 Å². The summed E-state index contributed by atoms with van der Waals surface area (Å²) in [5.74, 6) is -2.23. The predicted octanol–water partition coefficient (Wildman–Crippen LogP) is 2.99. The molecule has 0 aliphatic heterocycles. The lowest BCUT2D eigenvalue weighted by molar-refractivity contribution is 0.263. The quantitative estimate of drug-likeness (QED) is 0.411. The van der Waals surface area contributed by atoms with Gasteiger partial charge in [-0.3, -0.25) is 0 Å². The molecule has 0 nitrogen and oxygen atoms in total. The predicted molar refractivity (Wildman–Crippen MR) is 25.7 cm³/mol. The second kappa shape index (κ2) is 2.56. The highest BCUT2D eigenvalue weighted by atomic mass is 35.5. The van der Waals surface area contributed by atoms with Crippen molar-refractivity contribution < 1.29 is 17.6 Å². The minimum absolute atomic E-state index is 0.489. The van der Waals surface area contributed by atoms with E-state index in [1.807, 2.05) is 0 Å². The lowest BCUT2D eigenvalue weighted by Crippen LogP contribution is -2.08. The van der Waals surface area contributed by atoms with Crippen molar-refractivity contribution in [2.24, 2.45) is 0 Å². The number of halogens is 5. The first-order valence-corrected chi connectivity index (χ1v) is 2.32. The monoisotopic (exact) mass is 162 g/mol. The van der Waals surface area contributed by atoms with Crippen LogP contribution in [0.25, 0.3) is 0 Å². The van der Waals surface area contributed by atoms with Crippen LogP contribution in [0.4, 0.5) is 17.6 Å². The first-order valence-electron chi connectivity index (χ1n) is 1.94. The van der Waals surface area contributed by atoms with Gasteiger partial charge in [0.1, 0.15) is 0 Å². The van der Waals surface area contributed by atoms with Crippen molar-refractivity contribution in [1.82, 2.24) is 0 Å². The van der Waals surface area contributed by atoms with Crippen LogP contribution in [0.2, 0.25) is 0 Å². The highest BCUT2D eigenvalue weighted by Gasteiger charge is 2.30. The molecular formula is C4H3ClF4. The van der Waals surface area contributed by atoms with E-state index in [2.05, 4.69) is 11.6 Å². The lowest BCUT2D eigenvalue weighted by atomic mass is 10.4. The molecule has 0 aromatic carbocycles. The molecule has 0 amide bonds. The summed E-state index contributed by atoms with van der Waals surface area (Å²) in [6, 6.07) is 0. The Balaban J connectivity index is 4.40. The molecule has 0 saturated heterocycles. The normalized spacial score (nSPS) is 16.7. The zero-order valence-electron chi connectivity index (χ0n) is 4.39. The number of hydrogen-bond donors (Lipinski definition) is 0. The number of rotatable bonds is 1. The summed E-state index contributed by atoms with van der Waals surface area (Å²) in [7, 11) is 0. The maximum absolute atomic E-state index is 11.9. The molecule has 0 fully saturated rings. The van der Waals surface area contributed by atoms with Gasteiger partial charge >= 0.3 is 6.08 Å². The lowest BCUT2D eigenvalue weighted by Gasteiger charge is -2.05. The summed E-state index contributed by atoms with van der Waals surface area (Å²) in [5, 5.41) is -3.08. The summed E-state index contributed by atoms with van der Waals surface area (Å²) < 4.78 is 45.7. The van der Waals surface area contributed by atoms with E-state index in [1.165, 1.54) is 0 Å². The van der Waals surface area contributed by atoms with Gasteiger partial charge in [-0.05, 0) is 6.92 Å². The van der Waals surface area contributed by atoms with Gasteiger partial charge in [-0.2, -0.15) is 8.78 Å². The highest BCUT2D eigenvalue weighted by molar-refractivity contribution is 6.24. The van der Waals surface area contributed by atoms with Gasteiger partial charge in [-0.15, -0.1) is 0 Å². The van der Waals surface area contributed by atoms with E-state index in [-0.39, 0.29) is 0 Å². The van der Waals surface area contributed by atoms with E-state index in [4.69, 9.17) is 0 Å². The molecule has 0 saturated carbocycles. The third-order valence-electron chi connectivity index (χ3n) is 0.551. The van der Waals surface area contributed by atoms with Gasteiger partial charge in [0, 0.05) is 0 Å². The maximum atomic E-state index is 11.9. The van der Waals surface area contributed by atoms with Crippen molar-refractivity contribution in [1.29, 1.82) is 0 Å². The van der Waals surface area contributed by atoms with E-state index in [0.717, 1.165) is 0 Å². The molecule has 0 N–H and O–H groups in total. The summed E-state index contributed by atoms with van der Waals surface area (Å²) in [6.07, 6.45) is -2.73. The molecule has 0 aromatic rings. The maximum Gasteiger partial charge on any atom is 0.306 e. The molecule has 9 heavy (non-hydrogen) atoms. The van der Waals surface area contributed by atoms with Crippen molar-refractivity contribution in [2.45, 2.75) is 12.1 Å². The number of alkyl halides is 2. The van der Waals surface area contributed by atoms with Crippen LogP contribution >= 0.6 is 11.6 Å². The van der Waals surface area contributed by atoms with Crippen LogP contribution in [-0.4, -0.2) is 5.13 Å². The average Bonchev–Trinajstić information content (AvgIpc) is 1.62. The van der Waals surface area contributed by atoms with E-state index < -0.39 is 17.0 Å². The zero-order chi connectivity index (χ0) is 7.65. The topological polar surface area (TPSA) is 0 Å². The fourth-order valence-corrected chi connectivity index (χ4v) is 0.237. The molecule has 0 radical (unpaired) electrons. The summed E-state index contributed by atoms with van der Waals surface area (Å²) in [4.78, 5) is 0. The van der Waals surface area contributed by atoms with Crippen molar-refractivity contribution in [2.75, 3.05) is 0 Å². The zero-order valence-corrected chi connectivity index (χ0v) is 5.15. The molecule has 5 heteroatoms. The molecule has 0 aliphatic rings. The number of allylic oxidation sites excluding steroid dienone is 1. The average molecular weight is 163 g/mol. The third-order valence-corrected chi connectivity index (χ3v) is 0.717. The Morgan fingerprint density at radius 3 is 1.67 bits per heavy atom. The van der Waals surface area contributed by atoms with Crippen LogP contribution in [0.15, 0.2) is 11.9 Å². The molecule has 0 heterocycles. The second-order valence-corrected chi connectivity index (χ2v) is 2.17. The summed E-state index contributed by atoms with van der Waals surface area (Å²) in [6.45, 7) is 0.489. The second-order valence-electron chi connectivity index (χ2n) is 1.46. The Labute approximate surface area is 54.1 Å². The summed E-state index contributed by atoms with van der Waals surface area (Å²) in [5.41, 5.74) is 0. The van der Waals surface area contributed by atoms with Crippen molar-refractivity contribution in [3.8, 4) is 0 Å². The van der Waals surface area contributed by atoms with Crippen LogP contribution < -0.4 is 0 Å². The van der Waals surface area contributed by atoms with Gasteiger partial charge in [-0.25, -0.2) is 8.78 Å². The fourth-order valence-electron chi connectivity index (χ4n) is 0.166. The molecule has 1 atom stereocenters. The fraction of sp³-hybridized carbons (Fsp3) is 0.500. The first kappa shape index (κ1) is 8.75. The molecule has 0 aliphatic carbocycles. The molecule has 0 aromatic heterocycles. The van der Waals surface area contributed by atoms with Crippen LogP contribution in [0.5, 0.6) is 0 Å². The number of hydrogen-bond acceptors (Lipinski definition) is 0. The van der Waals surface area contributed by atoms with Gasteiger partial charge in [0.25, 0.3) is 0 Å². The molecule has 0 spiro atoms. The standard InChI is InChI=1S/C4H3ClF4/c1-4(5,9)2(6)3(7)8/h1H3. The van der Waals surface area contributed by atoms with Crippen LogP contribution in [-0.2, 0) is 0 Å². The Kier molecular flexibility index (Phi) is 2.49. The van der Waals surface area contributed by atoms with Crippen molar-refractivity contribution in [3.63, 3.8) is 0 Å². The van der Waals surface area contributed by atoms with Gasteiger partial charge in [0.15, 0.2) is 0 Å². The minimum atomic E-state index is -3.08. The van der Waals surface area contributed by atoms with Crippen molar-refractivity contribution in [3.05, 3.63) is 11.9 Å². The largest absolute Gasteiger partial charge is 0.306 e. The van der Waals surface area contributed by atoms with E-state index in [0.29, 0.717) is 6.92 Å². The van der Waals surface area contributed by atoms with E-state index in [1.54, 1.807) is 0 Å². The van der Waals surface area contributed by atoms with Crippen LogP contribution in [0.1, 0.15) is 6.92 Å². The van der Waals surface area contributed by atoms with Crippen LogP contribution in [0, 0.1) is 0 Å². The summed E-state index contributed by atoms with van der Waals surface area (Å²) >= 11 is 4.50. The third kappa shape index (κ3) is 2.70. The SMILES string of the molecule is CC(F)(Cl)C(F)=C(F)F. The highest BCUT2D eigenvalue weighted by Crippen LogP contribution is 2.30. The minimum Gasteiger partial charge on any atom is -0.218 e. The van der Waals surface area contributed by atoms with Crippen molar-refractivity contribution >= 4 is 11.6 Å². The molecule has 54 valence electrons. The van der Waals surface area contributed by atoms with Gasteiger partial charge in [-0.1, -0.05) is 11.6 Å². The molecule has 0 bridgehead atoms. The van der Waals surface area contributed by atoms with E-state index in [9.17, 15) is 17.6 Å². The Hall–Kier alpha value is -0.250. The first-order chi connectivity index (χ1) is 3.85. The van der Waals surface area contributed by atoms with Gasteiger partial charge < -0.3 is 0 Å². The Morgan fingerprint density at radius 1 is 1.33 bits per heavy atom.